The van der Waals surface area contributed by atoms with Gasteiger partial charge < -0.3 is 24.4 Å². The molecule has 180 valence electrons. The van der Waals surface area contributed by atoms with E-state index in [-0.39, 0.29) is 23.7 Å². The molecule has 5 rings (SSSR count). The molecule has 2 aliphatic carbocycles. The average Bonchev–Trinajstić information content (AvgIpc) is 2.76. The minimum Gasteiger partial charge on any atom is -0.390 e. The van der Waals surface area contributed by atoms with Crippen molar-refractivity contribution in [1.29, 1.82) is 0 Å². The maximum absolute atomic E-state index is 14.3. The van der Waals surface area contributed by atoms with E-state index in [1.807, 2.05) is 37.3 Å². The van der Waals surface area contributed by atoms with Gasteiger partial charge in [-0.25, -0.2) is 0 Å². The SMILES string of the molecule is C=C[C@@]1(C)CC(=O)[C@@]23O[C@@H](c4ccccc4)O[C@H]4CCC(C)(C)[C@H]([C@H](O)[C@H](O)[C@@]2(C)O1)[C@]43C. The first kappa shape index (κ1) is 23.2. The van der Waals surface area contributed by atoms with Crippen LogP contribution in [-0.4, -0.2) is 51.1 Å². The molecule has 9 atom stereocenters. The molecule has 0 radical (unpaired) electrons. The molecule has 2 saturated carbocycles. The quantitative estimate of drug-likeness (QED) is 0.660. The number of aliphatic hydroxyl groups excluding tert-OH is 2. The Kier molecular flexibility index (Phi) is 4.91. The van der Waals surface area contributed by atoms with E-state index >= 15 is 0 Å². The second kappa shape index (κ2) is 6.98. The Hall–Kier alpha value is -1.57. The van der Waals surface area contributed by atoms with Gasteiger partial charge in [-0.05, 0) is 32.1 Å². The lowest BCUT2D eigenvalue weighted by molar-refractivity contribution is -0.444. The van der Waals surface area contributed by atoms with Crippen LogP contribution in [0, 0.1) is 16.7 Å². The first-order valence-corrected chi connectivity index (χ1v) is 12.0. The molecule has 4 aliphatic rings. The van der Waals surface area contributed by atoms with Crippen molar-refractivity contribution in [3.8, 4) is 0 Å². The third-order valence-electron chi connectivity index (χ3n) is 9.32. The summed E-state index contributed by atoms with van der Waals surface area (Å²) in [6.07, 6.45) is -0.365. The van der Waals surface area contributed by atoms with Crippen LogP contribution in [0.15, 0.2) is 43.0 Å². The number of aliphatic hydroxyl groups is 2. The van der Waals surface area contributed by atoms with Crippen molar-refractivity contribution in [2.24, 2.45) is 16.7 Å². The Morgan fingerprint density at radius 3 is 2.39 bits per heavy atom. The van der Waals surface area contributed by atoms with Crippen LogP contribution in [0.2, 0.25) is 0 Å². The number of Topliss-reactive ketones (excluding diaryl/α,β-unsaturated/α-hetero) is 1. The van der Waals surface area contributed by atoms with Crippen LogP contribution >= 0.6 is 0 Å². The van der Waals surface area contributed by atoms with Crippen molar-refractivity contribution in [1.82, 2.24) is 0 Å². The van der Waals surface area contributed by atoms with E-state index in [9.17, 15) is 15.0 Å². The Labute approximate surface area is 195 Å². The number of carbonyl (C=O) groups is 1. The summed E-state index contributed by atoms with van der Waals surface area (Å²) in [5.41, 5.74) is -4.43. The molecule has 6 nitrogen and oxygen atoms in total. The molecule has 6 heteroatoms. The van der Waals surface area contributed by atoms with Gasteiger partial charge in [0, 0.05) is 23.3 Å². The van der Waals surface area contributed by atoms with E-state index in [0.717, 1.165) is 18.4 Å². The molecule has 0 aromatic heterocycles. The number of benzene rings is 1. The molecule has 0 bridgehead atoms. The molecular weight excluding hydrogens is 420 g/mol. The van der Waals surface area contributed by atoms with Gasteiger partial charge in [0.1, 0.15) is 11.7 Å². The van der Waals surface area contributed by atoms with Gasteiger partial charge in [-0.1, -0.05) is 57.2 Å². The fourth-order valence-electron chi connectivity index (χ4n) is 7.88. The lowest BCUT2D eigenvalue weighted by atomic mass is 9.39. The molecular formula is C27H36O6. The maximum Gasteiger partial charge on any atom is 0.185 e. The van der Waals surface area contributed by atoms with Gasteiger partial charge in [-0.3, -0.25) is 4.79 Å². The first-order chi connectivity index (χ1) is 15.4. The van der Waals surface area contributed by atoms with Crippen molar-refractivity contribution in [2.75, 3.05) is 0 Å². The molecule has 2 heterocycles. The summed E-state index contributed by atoms with van der Waals surface area (Å²) in [5.74, 6) is -0.562. The van der Waals surface area contributed by atoms with Crippen molar-refractivity contribution in [2.45, 2.75) is 95.3 Å². The lowest BCUT2D eigenvalue weighted by Crippen LogP contribution is -2.88. The van der Waals surface area contributed by atoms with Crippen LogP contribution in [0.4, 0.5) is 0 Å². The molecule has 0 unspecified atom stereocenters. The van der Waals surface area contributed by atoms with Crippen LogP contribution in [0.1, 0.15) is 65.7 Å². The molecule has 2 aliphatic heterocycles. The zero-order chi connectivity index (χ0) is 24.0. The Bertz CT molecular complexity index is 976. The highest BCUT2D eigenvalue weighted by Gasteiger charge is 2.83. The van der Waals surface area contributed by atoms with Gasteiger partial charge in [0.15, 0.2) is 17.7 Å². The van der Waals surface area contributed by atoms with E-state index < -0.39 is 46.6 Å². The third kappa shape index (κ3) is 2.70. The van der Waals surface area contributed by atoms with Crippen LogP contribution in [0.5, 0.6) is 0 Å². The summed E-state index contributed by atoms with van der Waals surface area (Å²) < 4.78 is 19.9. The minimum absolute atomic E-state index is 0.0753. The Morgan fingerprint density at radius 1 is 1.09 bits per heavy atom. The fraction of sp³-hybridized carbons (Fsp3) is 0.667. The van der Waals surface area contributed by atoms with Crippen LogP contribution in [-0.2, 0) is 19.0 Å². The highest BCUT2D eigenvalue weighted by Crippen LogP contribution is 2.71. The third-order valence-corrected chi connectivity index (χ3v) is 9.32. The van der Waals surface area contributed by atoms with Crippen molar-refractivity contribution in [3.05, 3.63) is 48.6 Å². The van der Waals surface area contributed by atoms with Crippen LogP contribution in [0.3, 0.4) is 0 Å². The summed E-state index contributed by atoms with van der Waals surface area (Å²) in [7, 11) is 0. The molecule has 1 aromatic carbocycles. The van der Waals surface area contributed by atoms with E-state index in [2.05, 4.69) is 20.4 Å². The molecule has 1 spiro atoms. The number of hydrogen-bond acceptors (Lipinski definition) is 6. The molecule has 4 fully saturated rings. The van der Waals surface area contributed by atoms with Crippen LogP contribution in [0.25, 0.3) is 0 Å². The van der Waals surface area contributed by atoms with Crippen molar-refractivity contribution < 1.29 is 29.2 Å². The normalized spacial score (nSPS) is 50.8. The summed E-state index contributed by atoms with van der Waals surface area (Å²) in [6, 6.07) is 9.58. The van der Waals surface area contributed by atoms with Crippen molar-refractivity contribution >= 4 is 5.78 Å². The molecule has 2 saturated heterocycles. The monoisotopic (exact) mass is 456 g/mol. The Balaban J connectivity index is 1.78. The van der Waals surface area contributed by atoms with Gasteiger partial charge in [-0.2, -0.15) is 0 Å². The van der Waals surface area contributed by atoms with Gasteiger partial charge in [0.25, 0.3) is 0 Å². The first-order valence-electron chi connectivity index (χ1n) is 12.0. The van der Waals surface area contributed by atoms with E-state index in [0.29, 0.717) is 0 Å². The predicted molar refractivity (Wildman–Crippen MR) is 122 cm³/mol. The molecule has 2 N–H and O–H groups in total. The second-order valence-electron chi connectivity index (χ2n) is 11.7. The topological polar surface area (TPSA) is 85.2 Å². The number of rotatable bonds is 2. The van der Waals surface area contributed by atoms with E-state index in [1.54, 1.807) is 19.9 Å². The zero-order valence-electron chi connectivity index (χ0n) is 20.2. The smallest absolute Gasteiger partial charge is 0.185 e. The van der Waals surface area contributed by atoms with Crippen LogP contribution < -0.4 is 0 Å². The summed E-state index contributed by atoms with van der Waals surface area (Å²) in [4.78, 5) is 14.3. The molecule has 0 amide bonds. The minimum atomic E-state index is -1.51. The number of carbonyl (C=O) groups excluding carboxylic acids is 1. The van der Waals surface area contributed by atoms with E-state index in [4.69, 9.17) is 14.2 Å². The number of ether oxygens (including phenoxy) is 3. The maximum atomic E-state index is 14.3. The average molecular weight is 457 g/mol. The Morgan fingerprint density at radius 2 is 1.76 bits per heavy atom. The summed E-state index contributed by atoms with van der Waals surface area (Å²) >= 11 is 0. The highest BCUT2D eigenvalue weighted by molar-refractivity contribution is 5.93. The number of hydrogen-bond donors (Lipinski definition) is 2. The van der Waals surface area contributed by atoms with Crippen molar-refractivity contribution in [3.63, 3.8) is 0 Å². The summed E-state index contributed by atoms with van der Waals surface area (Å²) in [6.45, 7) is 13.6. The number of ketones is 1. The predicted octanol–water partition coefficient (Wildman–Crippen LogP) is 3.71. The van der Waals surface area contributed by atoms with Gasteiger partial charge in [0.2, 0.25) is 0 Å². The fourth-order valence-corrected chi connectivity index (χ4v) is 7.88. The molecule has 33 heavy (non-hydrogen) atoms. The lowest BCUT2D eigenvalue weighted by Gasteiger charge is -2.74. The largest absolute Gasteiger partial charge is 0.390 e. The summed E-state index contributed by atoms with van der Waals surface area (Å²) in [5, 5.41) is 23.2. The van der Waals surface area contributed by atoms with Gasteiger partial charge in [0.05, 0.1) is 17.8 Å². The van der Waals surface area contributed by atoms with Gasteiger partial charge >= 0.3 is 0 Å². The zero-order valence-corrected chi connectivity index (χ0v) is 20.2. The molecule has 1 aromatic rings. The highest BCUT2D eigenvalue weighted by atomic mass is 16.7. The standard InChI is InChI=1S/C27H36O6/c1-7-24(4)15-17(28)27-25(5)18(31-22(32-27)16-11-9-8-10-12-16)13-14-23(2,3)20(25)19(29)21(30)26(27,6)33-24/h7-12,18-22,29-30H,1,13-15H2,2-6H3/t18-,19-,20-,21-,22-,24-,25-,26+,27-/m0/s1. The second-order valence-corrected chi connectivity index (χ2v) is 11.7. The van der Waals surface area contributed by atoms with E-state index in [1.165, 1.54) is 0 Å². The van der Waals surface area contributed by atoms with Gasteiger partial charge in [-0.15, -0.1) is 6.58 Å².